The molecule has 7 heteroatoms. The summed E-state index contributed by atoms with van der Waals surface area (Å²) in [6.07, 6.45) is 4.08. The zero-order valence-electron chi connectivity index (χ0n) is 13.6. The molecule has 7 nitrogen and oxygen atoms in total. The lowest BCUT2D eigenvalue weighted by Gasteiger charge is -2.31. The number of hydrogen-bond donors (Lipinski definition) is 0. The molecule has 0 saturated carbocycles. The third-order valence-corrected chi connectivity index (χ3v) is 5.03. The Kier molecular flexibility index (Phi) is 3.43. The minimum absolute atomic E-state index is 0.0335. The van der Waals surface area contributed by atoms with Crippen LogP contribution in [0.25, 0.3) is 0 Å². The van der Waals surface area contributed by atoms with Crippen LogP contribution in [0.5, 0.6) is 0 Å². The minimum atomic E-state index is 0.0335. The number of rotatable bonds is 2. The largest absolute Gasteiger partial charge is 0.361 e. The molecular formula is C16H21N5O2. The molecule has 0 aliphatic carbocycles. The molecule has 2 aliphatic heterocycles. The molecule has 0 bridgehead atoms. The average molecular weight is 315 g/mol. The van der Waals surface area contributed by atoms with Crippen LogP contribution < -0.4 is 0 Å². The van der Waals surface area contributed by atoms with E-state index in [0.717, 1.165) is 50.5 Å². The highest BCUT2D eigenvalue weighted by Gasteiger charge is 2.31. The van der Waals surface area contributed by atoms with E-state index in [9.17, 15) is 4.79 Å². The Morgan fingerprint density at radius 1 is 1.17 bits per heavy atom. The molecule has 122 valence electrons. The monoisotopic (exact) mass is 315 g/mol. The number of nitrogens with zero attached hydrogens (tertiary/aromatic N) is 5. The number of carbonyl (C=O) groups is 1. The average Bonchev–Trinajstić information content (AvgIpc) is 3.23. The van der Waals surface area contributed by atoms with Crippen molar-refractivity contribution in [2.75, 3.05) is 13.1 Å². The number of piperidine rings is 1. The van der Waals surface area contributed by atoms with E-state index in [-0.39, 0.29) is 5.91 Å². The fraction of sp³-hybridized carbons (Fsp3) is 0.625. The van der Waals surface area contributed by atoms with Crippen molar-refractivity contribution in [2.24, 2.45) is 0 Å². The van der Waals surface area contributed by atoms with Gasteiger partial charge in [-0.2, -0.15) is 0 Å². The predicted molar refractivity (Wildman–Crippen MR) is 82.2 cm³/mol. The Bertz CT molecular complexity index is 720. The second kappa shape index (κ2) is 5.47. The van der Waals surface area contributed by atoms with Gasteiger partial charge < -0.3 is 14.0 Å². The molecule has 0 unspecified atom stereocenters. The second-order valence-corrected chi connectivity index (χ2v) is 6.50. The first-order valence-corrected chi connectivity index (χ1v) is 8.29. The van der Waals surface area contributed by atoms with Crippen LogP contribution in [0.3, 0.4) is 0 Å². The van der Waals surface area contributed by atoms with E-state index >= 15 is 0 Å². The van der Waals surface area contributed by atoms with Gasteiger partial charge in [-0.3, -0.25) is 4.79 Å². The first-order valence-electron chi connectivity index (χ1n) is 8.29. The van der Waals surface area contributed by atoms with Gasteiger partial charge in [0.1, 0.15) is 23.0 Å². The fourth-order valence-electron chi connectivity index (χ4n) is 3.76. The lowest BCUT2D eigenvalue weighted by molar-refractivity contribution is 0.0708. The van der Waals surface area contributed by atoms with Crippen LogP contribution in [0.15, 0.2) is 4.52 Å². The lowest BCUT2D eigenvalue weighted by atomic mass is 9.95. The van der Waals surface area contributed by atoms with E-state index in [4.69, 9.17) is 4.52 Å². The molecule has 23 heavy (non-hydrogen) atoms. The van der Waals surface area contributed by atoms with Gasteiger partial charge in [0.15, 0.2) is 0 Å². The Morgan fingerprint density at radius 3 is 2.65 bits per heavy atom. The number of hydrogen-bond acceptors (Lipinski definition) is 5. The number of fused-ring (bicyclic) bond motifs is 1. The molecule has 0 aromatic carbocycles. The van der Waals surface area contributed by atoms with Crippen LogP contribution in [-0.2, 0) is 13.0 Å². The van der Waals surface area contributed by atoms with Crippen LogP contribution in [0.2, 0.25) is 0 Å². The normalized spacial score (nSPS) is 18.4. The number of aryl methyl sites for hydroxylation is 3. The van der Waals surface area contributed by atoms with Crippen LogP contribution in [0, 0.1) is 13.8 Å². The van der Waals surface area contributed by atoms with Crippen molar-refractivity contribution in [3.63, 3.8) is 0 Å². The third kappa shape index (κ3) is 2.34. The van der Waals surface area contributed by atoms with E-state index in [1.807, 2.05) is 11.8 Å². The number of amides is 1. The van der Waals surface area contributed by atoms with Crippen molar-refractivity contribution in [3.8, 4) is 0 Å². The number of likely N-dealkylation sites (tertiary alicyclic amines) is 1. The Morgan fingerprint density at radius 2 is 1.96 bits per heavy atom. The SMILES string of the molecule is Cc1noc(C)c1C(=O)N1CCC(c2nnc3n2CCC3)CC1. The van der Waals surface area contributed by atoms with Crippen LogP contribution in [0.1, 0.15) is 58.6 Å². The van der Waals surface area contributed by atoms with Gasteiger partial charge in [-0.05, 0) is 33.1 Å². The van der Waals surface area contributed by atoms with Gasteiger partial charge in [0, 0.05) is 32.0 Å². The highest BCUT2D eigenvalue weighted by atomic mass is 16.5. The Labute approximate surface area is 134 Å². The fourth-order valence-corrected chi connectivity index (χ4v) is 3.76. The van der Waals surface area contributed by atoms with Crippen molar-refractivity contribution in [1.29, 1.82) is 0 Å². The topological polar surface area (TPSA) is 77.1 Å². The highest BCUT2D eigenvalue weighted by Crippen LogP contribution is 2.30. The van der Waals surface area contributed by atoms with E-state index in [1.165, 1.54) is 6.42 Å². The van der Waals surface area contributed by atoms with Crippen LogP contribution >= 0.6 is 0 Å². The van der Waals surface area contributed by atoms with E-state index < -0.39 is 0 Å². The molecule has 0 spiro atoms. The van der Waals surface area contributed by atoms with Gasteiger partial charge in [-0.15, -0.1) is 10.2 Å². The van der Waals surface area contributed by atoms with Crippen molar-refractivity contribution >= 4 is 5.91 Å². The summed E-state index contributed by atoms with van der Waals surface area (Å²) in [7, 11) is 0. The van der Waals surface area contributed by atoms with Crippen molar-refractivity contribution in [3.05, 3.63) is 28.7 Å². The summed E-state index contributed by atoms with van der Waals surface area (Å²) in [6, 6.07) is 0. The van der Waals surface area contributed by atoms with Gasteiger partial charge >= 0.3 is 0 Å². The molecule has 2 aromatic heterocycles. The van der Waals surface area contributed by atoms with E-state index in [2.05, 4.69) is 19.9 Å². The molecule has 1 amide bonds. The van der Waals surface area contributed by atoms with E-state index in [0.29, 0.717) is 22.9 Å². The molecule has 1 saturated heterocycles. The summed E-state index contributed by atoms with van der Waals surface area (Å²) in [6.45, 7) is 6.14. The van der Waals surface area contributed by atoms with Gasteiger partial charge in [0.05, 0.1) is 5.69 Å². The summed E-state index contributed by atoms with van der Waals surface area (Å²) in [5.41, 5.74) is 1.29. The molecule has 1 fully saturated rings. The molecule has 0 radical (unpaired) electrons. The lowest BCUT2D eigenvalue weighted by Crippen LogP contribution is -2.38. The Hall–Kier alpha value is -2.18. The summed E-state index contributed by atoms with van der Waals surface area (Å²) < 4.78 is 7.39. The van der Waals surface area contributed by atoms with Gasteiger partial charge in [-0.1, -0.05) is 5.16 Å². The first-order chi connectivity index (χ1) is 11.1. The molecule has 0 atom stereocenters. The first kappa shape index (κ1) is 14.4. The number of aromatic nitrogens is 4. The molecule has 2 aliphatic rings. The van der Waals surface area contributed by atoms with E-state index in [1.54, 1.807) is 6.92 Å². The molecule has 4 heterocycles. The van der Waals surface area contributed by atoms with Crippen LogP contribution in [-0.4, -0.2) is 43.8 Å². The summed E-state index contributed by atoms with van der Waals surface area (Å²) in [5.74, 6) is 3.27. The summed E-state index contributed by atoms with van der Waals surface area (Å²) in [4.78, 5) is 14.6. The van der Waals surface area contributed by atoms with Gasteiger partial charge in [-0.25, -0.2) is 0 Å². The quantitative estimate of drug-likeness (QED) is 0.845. The Balaban J connectivity index is 1.46. The summed E-state index contributed by atoms with van der Waals surface area (Å²) in [5, 5.41) is 12.6. The maximum Gasteiger partial charge on any atom is 0.259 e. The van der Waals surface area contributed by atoms with Crippen LogP contribution in [0.4, 0.5) is 0 Å². The highest BCUT2D eigenvalue weighted by molar-refractivity contribution is 5.96. The van der Waals surface area contributed by atoms with Gasteiger partial charge in [0.25, 0.3) is 5.91 Å². The second-order valence-electron chi connectivity index (χ2n) is 6.50. The summed E-state index contributed by atoms with van der Waals surface area (Å²) >= 11 is 0. The zero-order valence-corrected chi connectivity index (χ0v) is 13.6. The maximum atomic E-state index is 12.7. The van der Waals surface area contributed by atoms with Crippen molar-refractivity contribution in [2.45, 2.75) is 52.0 Å². The molecule has 0 N–H and O–H groups in total. The molecule has 2 aromatic rings. The molecule has 4 rings (SSSR count). The minimum Gasteiger partial charge on any atom is -0.361 e. The molecular weight excluding hydrogens is 294 g/mol. The third-order valence-electron chi connectivity index (χ3n) is 5.03. The number of carbonyl (C=O) groups excluding carboxylic acids is 1. The predicted octanol–water partition coefficient (Wildman–Crippen LogP) is 1.85. The smallest absolute Gasteiger partial charge is 0.259 e. The maximum absolute atomic E-state index is 12.7. The van der Waals surface area contributed by atoms with Crippen molar-refractivity contribution in [1.82, 2.24) is 24.8 Å². The zero-order chi connectivity index (χ0) is 16.0. The van der Waals surface area contributed by atoms with Gasteiger partial charge in [0.2, 0.25) is 0 Å². The van der Waals surface area contributed by atoms with Crippen molar-refractivity contribution < 1.29 is 9.32 Å². The standard InChI is InChI=1S/C16H21N5O2/c1-10-14(11(2)23-19-10)16(22)20-8-5-12(6-9-20)15-18-17-13-4-3-7-21(13)15/h12H,3-9H2,1-2H3.